The van der Waals surface area contributed by atoms with Crippen molar-refractivity contribution >= 4 is 11.9 Å². The van der Waals surface area contributed by atoms with E-state index in [4.69, 9.17) is 4.74 Å². The zero-order chi connectivity index (χ0) is 16.0. The number of carbonyl (C=O) groups is 2. The molecule has 0 N–H and O–H groups in total. The highest BCUT2D eigenvalue weighted by atomic mass is 16.6. The first-order valence-electron chi connectivity index (χ1n) is 8.22. The van der Waals surface area contributed by atoms with E-state index < -0.39 is 5.60 Å². The van der Waals surface area contributed by atoms with Crippen LogP contribution in [0.15, 0.2) is 23.3 Å². The Balaban J connectivity index is 1.70. The summed E-state index contributed by atoms with van der Waals surface area (Å²) in [6.07, 6.45) is 8.33. The van der Waals surface area contributed by atoms with Crippen LogP contribution < -0.4 is 0 Å². The average molecular weight is 303 g/mol. The fraction of sp³-hybridized carbons (Fsp3) is 0.667. The van der Waals surface area contributed by atoms with Gasteiger partial charge in [0.05, 0.1) is 0 Å². The minimum absolute atomic E-state index is 0.0259. The van der Waals surface area contributed by atoms with Gasteiger partial charge >= 0.3 is 6.09 Å². The molecule has 120 valence electrons. The van der Waals surface area contributed by atoms with E-state index in [0.29, 0.717) is 25.3 Å². The molecule has 0 aromatic rings. The van der Waals surface area contributed by atoms with Crippen molar-refractivity contribution in [2.75, 3.05) is 13.1 Å². The van der Waals surface area contributed by atoms with E-state index in [1.54, 1.807) is 4.90 Å². The number of ether oxygens (including phenoxy) is 1. The molecule has 4 heteroatoms. The standard InChI is InChI=1S/C18H25NO3/c1-17(2,3)22-16(21)19-10-8-18(9-11-19)12-15(20)13-6-4-5-7-14(13)18/h5,7H,4,6,8-12H2,1-3H3. The van der Waals surface area contributed by atoms with Crippen LogP contribution >= 0.6 is 0 Å². The van der Waals surface area contributed by atoms with Crippen molar-refractivity contribution in [1.82, 2.24) is 4.90 Å². The Kier molecular flexibility index (Phi) is 3.66. The van der Waals surface area contributed by atoms with Crippen molar-refractivity contribution in [3.8, 4) is 0 Å². The third-order valence-corrected chi connectivity index (χ3v) is 4.95. The van der Waals surface area contributed by atoms with Crippen molar-refractivity contribution < 1.29 is 14.3 Å². The minimum Gasteiger partial charge on any atom is -0.444 e. The van der Waals surface area contributed by atoms with Crippen LogP contribution in [0.3, 0.4) is 0 Å². The molecule has 1 amide bonds. The number of carbonyl (C=O) groups excluding carboxylic acids is 2. The Morgan fingerprint density at radius 1 is 1.27 bits per heavy atom. The number of hydrogen-bond acceptors (Lipinski definition) is 3. The number of allylic oxidation sites excluding steroid dienone is 4. The molecule has 22 heavy (non-hydrogen) atoms. The quantitative estimate of drug-likeness (QED) is 0.686. The van der Waals surface area contributed by atoms with Gasteiger partial charge in [-0.2, -0.15) is 0 Å². The number of fused-ring (bicyclic) bond motifs is 1. The van der Waals surface area contributed by atoms with E-state index in [1.165, 1.54) is 5.57 Å². The lowest BCUT2D eigenvalue weighted by Gasteiger charge is -2.40. The van der Waals surface area contributed by atoms with Gasteiger partial charge in [0, 0.05) is 24.9 Å². The number of piperidine rings is 1. The molecule has 1 aliphatic heterocycles. The van der Waals surface area contributed by atoms with Gasteiger partial charge in [0.2, 0.25) is 0 Å². The molecule has 3 aliphatic rings. The fourth-order valence-electron chi connectivity index (χ4n) is 3.85. The van der Waals surface area contributed by atoms with Crippen molar-refractivity contribution in [3.63, 3.8) is 0 Å². The number of nitrogens with zero attached hydrogens (tertiary/aromatic N) is 1. The molecule has 4 nitrogen and oxygen atoms in total. The normalized spacial score (nSPS) is 24.0. The second-order valence-electron chi connectivity index (χ2n) is 7.68. The molecule has 0 unspecified atom stereocenters. The molecular weight excluding hydrogens is 278 g/mol. The molecule has 3 rings (SSSR count). The number of hydrogen-bond donors (Lipinski definition) is 0. The molecule has 1 spiro atoms. The van der Waals surface area contributed by atoms with Crippen LogP contribution in [-0.2, 0) is 9.53 Å². The Morgan fingerprint density at radius 2 is 1.95 bits per heavy atom. The van der Waals surface area contributed by atoms with Crippen LogP contribution in [0.4, 0.5) is 4.79 Å². The molecule has 0 radical (unpaired) electrons. The van der Waals surface area contributed by atoms with E-state index in [-0.39, 0.29) is 11.5 Å². The number of rotatable bonds is 0. The first-order chi connectivity index (χ1) is 10.3. The topological polar surface area (TPSA) is 46.6 Å². The highest BCUT2D eigenvalue weighted by molar-refractivity contribution is 6.01. The first-order valence-corrected chi connectivity index (χ1v) is 8.22. The van der Waals surface area contributed by atoms with Crippen LogP contribution in [-0.4, -0.2) is 35.5 Å². The first kappa shape index (κ1) is 15.3. The Bertz CT molecular complexity index is 557. The van der Waals surface area contributed by atoms with Gasteiger partial charge in [0.1, 0.15) is 5.60 Å². The SMILES string of the molecule is CC(C)(C)OC(=O)N1CCC2(CC1)CC(=O)C1=C2C=CCC1. The lowest BCUT2D eigenvalue weighted by atomic mass is 9.72. The van der Waals surface area contributed by atoms with Crippen LogP contribution in [0.1, 0.15) is 52.9 Å². The van der Waals surface area contributed by atoms with Crippen molar-refractivity contribution in [2.24, 2.45) is 5.41 Å². The maximum Gasteiger partial charge on any atom is 0.410 e. The molecule has 0 aromatic heterocycles. The third kappa shape index (κ3) is 2.71. The van der Waals surface area contributed by atoms with Gasteiger partial charge in [-0.15, -0.1) is 0 Å². The van der Waals surface area contributed by atoms with Gasteiger partial charge in [-0.1, -0.05) is 12.2 Å². The van der Waals surface area contributed by atoms with Crippen molar-refractivity contribution in [3.05, 3.63) is 23.3 Å². The predicted octanol–water partition coefficient (Wildman–Crippen LogP) is 3.62. The summed E-state index contributed by atoms with van der Waals surface area (Å²) >= 11 is 0. The molecule has 1 heterocycles. The predicted molar refractivity (Wildman–Crippen MR) is 84.5 cm³/mol. The van der Waals surface area contributed by atoms with E-state index in [0.717, 1.165) is 31.3 Å². The smallest absolute Gasteiger partial charge is 0.410 e. The van der Waals surface area contributed by atoms with Gasteiger partial charge in [-0.05, 0) is 57.6 Å². The summed E-state index contributed by atoms with van der Waals surface area (Å²) in [7, 11) is 0. The summed E-state index contributed by atoms with van der Waals surface area (Å²) in [5.41, 5.74) is 1.82. The molecule has 1 fully saturated rings. The third-order valence-electron chi connectivity index (χ3n) is 4.95. The number of likely N-dealkylation sites (tertiary alicyclic amines) is 1. The van der Waals surface area contributed by atoms with E-state index in [1.807, 2.05) is 20.8 Å². The highest BCUT2D eigenvalue weighted by Gasteiger charge is 2.46. The largest absolute Gasteiger partial charge is 0.444 e. The van der Waals surface area contributed by atoms with E-state index >= 15 is 0 Å². The minimum atomic E-state index is -0.461. The summed E-state index contributed by atoms with van der Waals surface area (Å²) in [4.78, 5) is 26.2. The lowest BCUT2D eigenvalue weighted by Crippen LogP contribution is -2.45. The fourth-order valence-corrected chi connectivity index (χ4v) is 3.85. The van der Waals surface area contributed by atoms with Crippen molar-refractivity contribution in [1.29, 1.82) is 0 Å². The summed E-state index contributed by atoms with van der Waals surface area (Å²) < 4.78 is 5.45. The van der Waals surface area contributed by atoms with Gasteiger partial charge in [-0.3, -0.25) is 4.79 Å². The van der Waals surface area contributed by atoms with Gasteiger partial charge in [0.25, 0.3) is 0 Å². The summed E-state index contributed by atoms with van der Waals surface area (Å²) in [6.45, 7) is 7.00. The zero-order valence-corrected chi connectivity index (χ0v) is 13.8. The molecule has 0 saturated carbocycles. The summed E-state index contributed by atoms with van der Waals surface area (Å²) in [5, 5.41) is 0. The Labute approximate surface area is 132 Å². The van der Waals surface area contributed by atoms with Crippen LogP contribution in [0, 0.1) is 5.41 Å². The van der Waals surface area contributed by atoms with Crippen molar-refractivity contribution in [2.45, 2.75) is 58.5 Å². The molecule has 1 saturated heterocycles. The molecular formula is C18H25NO3. The summed E-state index contributed by atoms with van der Waals surface area (Å²) in [5.74, 6) is 0.324. The highest BCUT2D eigenvalue weighted by Crippen LogP contribution is 2.51. The average Bonchev–Trinajstić information content (AvgIpc) is 2.71. The molecule has 0 aromatic carbocycles. The van der Waals surface area contributed by atoms with E-state index in [9.17, 15) is 9.59 Å². The summed E-state index contributed by atoms with van der Waals surface area (Å²) in [6, 6.07) is 0. The second kappa shape index (κ2) is 5.25. The molecule has 0 atom stereocenters. The van der Waals surface area contributed by atoms with Gasteiger partial charge < -0.3 is 9.64 Å². The number of Topliss-reactive ketones (excluding diaryl/α,β-unsaturated/α-hetero) is 1. The number of amides is 1. The maximum absolute atomic E-state index is 12.3. The lowest BCUT2D eigenvalue weighted by molar-refractivity contribution is -0.116. The molecule has 2 aliphatic carbocycles. The maximum atomic E-state index is 12.3. The van der Waals surface area contributed by atoms with Gasteiger partial charge in [0.15, 0.2) is 5.78 Å². The van der Waals surface area contributed by atoms with Crippen LogP contribution in [0.25, 0.3) is 0 Å². The monoisotopic (exact) mass is 303 g/mol. The zero-order valence-electron chi connectivity index (χ0n) is 13.8. The van der Waals surface area contributed by atoms with Gasteiger partial charge in [-0.25, -0.2) is 4.79 Å². The second-order valence-corrected chi connectivity index (χ2v) is 7.68. The Hall–Kier alpha value is -1.58. The Morgan fingerprint density at radius 3 is 2.59 bits per heavy atom. The number of ketones is 1. The van der Waals surface area contributed by atoms with Crippen LogP contribution in [0.2, 0.25) is 0 Å². The van der Waals surface area contributed by atoms with E-state index in [2.05, 4.69) is 12.2 Å². The molecule has 0 bridgehead atoms. The van der Waals surface area contributed by atoms with Crippen LogP contribution in [0.5, 0.6) is 0 Å².